The molecular weight excluding hydrogens is 235 g/mol. The molecule has 3 nitrogen and oxygen atoms in total. The standard InChI is InChI=1S/C11H14F3NO2/c1-3-17-9-6-7(4-5-8(9)16-2)10(15)11(12,13)14/h4-6,10H,3,15H2,1-2H3/t10-/m1/s1. The Labute approximate surface area is 97.3 Å². The van der Waals surface area contributed by atoms with Crippen LogP contribution in [0.1, 0.15) is 18.5 Å². The van der Waals surface area contributed by atoms with Crippen LogP contribution >= 0.6 is 0 Å². The Morgan fingerprint density at radius 2 is 1.94 bits per heavy atom. The SMILES string of the molecule is CCOc1cc([C@@H](N)C(F)(F)F)ccc1OC. The van der Waals surface area contributed by atoms with E-state index < -0.39 is 12.2 Å². The van der Waals surface area contributed by atoms with Crippen LogP contribution in [0.25, 0.3) is 0 Å². The molecule has 0 aliphatic carbocycles. The third kappa shape index (κ3) is 3.26. The third-order valence-corrected chi connectivity index (χ3v) is 2.20. The number of benzene rings is 1. The Hall–Kier alpha value is -1.43. The highest BCUT2D eigenvalue weighted by atomic mass is 19.4. The summed E-state index contributed by atoms with van der Waals surface area (Å²) >= 11 is 0. The predicted octanol–water partition coefficient (Wildman–Crippen LogP) is 2.66. The Bertz CT molecular complexity index is 379. The van der Waals surface area contributed by atoms with Crippen molar-refractivity contribution in [2.24, 2.45) is 5.73 Å². The summed E-state index contributed by atoms with van der Waals surface area (Å²) in [5.41, 5.74) is 5.05. The number of alkyl halides is 3. The van der Waals surface area contributed by atoms with Gasteiger partial charge in [0.15, 0.2) is 11.5 Å². The molecule has 0 aliphatic heterocycles. The molecule has 6 heteroatoms. The molecule has 0 aliphatic rings. The summed E-state index contributed by atoms with van der Waals surface area (Å²) in [6, 6.07) is 1.92. The lowest BCUT2D eigenvalue weighted by Crippen LogP contribution is -2.28. The molecular formula is C11H14F3NO2. The van der Waals surface area contributed by atoms with Crippen molar-refractivity contribution < 1.29 is 22.6 Å². The van der Waals surface area contributed by atoms with E-state index >= 15 is 0 Å². The number of hydrogen-bond acceptors (Lipinski definition) is 3. The van der Waals surface area contributed by atoms with E-state index in [-0.39, 0.29) is 11.3 Å². The largest absolute Gasteiger partial charge is 0.493 e. The van der Waals surface area contributed by atoms with Gasteiger partial charge in [-0.15, -0.1) is 0 Å². The van der Waals surface area contributed by atoms with Crippen LogP contribution < -0.4 is 15.2 Å². The van der Waals surface area contributed by atoms with Crippen molar-refractivity contribution in [1.29, 1.82) is 0 Å². The lowest BCUT2D eigenvalue weighted by Gasteiger charge is -2.17. The number of nitrogens with two attached hydrogens (primary N) is 1. The molecule has 0 aromatic heterocycles. The van der Waals surface area contributed by atoms with E-state index in [0.717, 1.165) is 0 Å². The molecule has 1 rings (SSSR count). The maximum atomic E-state index is 12.4. The van der Waals surface area contributed by atoms with Crippen LogP contribution in [0.15, 0.2) is 18.2 Å². The normalized spacial score (nSPS) is 13.3. The van der Waals surface area contributed by atoms with Crippen LogP contribution in [-0.2, 0) is 0 Å². The van der Waals surface area contributed by atoms with E-state index in [4.69, 9.17) is 15.2 Å². The minimum absolute atomic E-state index is 0.0539. The van der Waals surface area contributed by atoms with E-state index in [0.29, 0.717) is 12.4 Å². The average Bonchev–Trinajstić information content (AvgIpc) is 2.27. The van der Waals surface area contributed by atoms with Crippen LogP contribution in [0, 0.1) is 0 Å². The predicted molar refractivity (Wildman–Crippen MR) is 57.1 cm³/mol. The van der Waals surface area contributed by atoms with Crippen LogP contribution in [0.5, 0.6) is 11.5 Å². The zero-order valence-electron chi connectivity index (χ0n) is 9.54. The fourth-order valence-electron chi connectivity index (χ4n) is 1.34. The third-order valence-electron chi connectivity index (χ3n) is 2.20. The lowest BCUT2D eigenvalue weighted by atomic mass is 10.1. The fraction of sp³-hybridized carbons (Fsp3) is 0.455. The van der Waals surface area contributed by atoms with Gasteiger partial charge in [0.25, 0.3) is 0 Å². The van der Waals surface area contributed by atoms with Gasteiger partial charge < -0.3 is 15.2 Å². The molecule has 0 bridgehead atoms. The first-order valence-electron chi connectivity index (χ1n) is 5.03. The van der Waals surface area contributed by atoms with E-state index in [2.05, 4.69) is 0 Å². The molecule has 0 saturated heterocycles. The number of ether oxygens (including phenoxy) is 2. The van der Waals surface area contributed by atoms with E-state index in [1.807, 2.05) is 0 Å². The Morgan fingerprint density at radius 3 is 2.41 bits per heavy atom. The van der Waals surface area contributed by atoms with Crippen molar-refractivity contribution in [3.05, 3.63) is 23.8 Å². The summed E-state index contributed by atoms with van der Waals surface area (Å²) in [7, 11) is 1.42. The molecule has 96 valence electrons. The number of methoxy groups -OCH3 is 1. The van der Waals surface area contributed by atoms with E-state index in [1.165, 1.54) is 25.3 Å². The summed E-state index contributed by atoms with van der Waals surface area (Å²) in [6.07, 6.45) is -4.47. The van der Waals surface area contributed by atoms with E-state index in [9.17, 15) is 13.2 Å². The van der Waals surface area contributed by atoms with Gasteiger partial charge in [0.2, 0.25) is 0 Å². The second kappa shape index (κ2) is 5.27. The summed E-state index contributed by atoms with van der Waals surface area (Å²) < 4.78 is 47.5. The van der Waals surface area contributed by atoms with Gasteiger partial charge in [-0.05, 0) is 24.6 Å². The second-order valence-corrected chi connectivity index (χ2v) is 3.36. The summed E-state index contributed by atoms with van der Waals surface area (Å²) in [5, 5.41) is 0. The molecule has 0 fully saturated rings. The highest BCUT2D eigenvalue weighted by Gasteiger charge is 2.38. The van der Waals surface area contributed by atoms with Gasteiger partial charge in [0, 0.05) is 0 Å². The first-order chi connectivity index (χ1) is 7.90. The fourth-order valence-corrected chi connectivity index (χ4v) is 1.34. The maximum absolute atomic E-state index is 12.4. The molecule has 1 aromatic carbocycles. The van der Waals surface area contributed by atoms with Gasteiger partial charge in [-0.1, -0.05) is 6.07 Å². The molecule has 0 spiro atoms. The first-order valence-corrected chi connectivity index (χ1v) is 5.03. The van der Waals surface area contributed by atoms with Gasteiger partial charge in [-0.3, -0.25) is 0 Å². The van der Waals surface area contributed by atoms with Crippen molar-refractivity contribution in [2.75, 3.05) is 13.7 Å². The molecule has 17 heavy (non-hydrogen) atoms. The topological polar surface area (TPSA) is 44.5 Å². The monoisotopic (exact) mass is 249 g/mol. The lowest BCUT2D eigenvalue weighted by molar-refractivity contribution is -0.149. The van der Waals surface area contributed by atoms with Crippen LogP contribution in [-0.4, -0.2) is 19.9 Å². The Kier molecular flexibility index (Phi) is 4.22. The van der Waals surface area contributed by atoms with Crippen molar-refractivity contribution >= 4 is 0 Å². The summed E-state index contributed by atoms with van der Waals surface area (Å²) in [4.78, 5) is 0. The van der Waals surface area contributed by atoms with Crippen LogP contribution in [0.2, 0.25) is 0 Å². The maximum Gasteiger partial charge on any atom is 0.407 e. The highest BCUT2D eigenvalue weighted by molar-refractivity contribution is 5.44. The Balaban J connectivity index is 3.07. The Morgan fingerprint density at radius 1 is 1.29 bits per heavy atom. The average molecular weight is 249 g/mol. The quantitative estimate of drug-likeness (QED) is 0.892. The van der Waals surface area contributed by atoms with Crippen molar-refractivity contribution in [3.63, 3.8) is 0 Å². The smallest absolute Gasteiger partial charge is 0.407 e. The van der Waals surface area contributed by atoms with Gasteiger partial charge >= 0.3 is 6.18 Å². The minimum Gasteiger partial charge on any atom is -0.493 e. The molecule has 0 saturated carbocycles. The molecule has 0 unspecified atom stereocenters. The molecule has 2 N–H and O–H groups in total. The number of halogens is 3. The molecule has 0 amide bonds. The van der Waals surface area contributed by atoms with Crippen LogP contribution in [0.3, 0.4) is 0 Å². The van der Waals surface area contributed by atoms with Crippen molar-refractivity contribution in [1.82, 2.24) is 0 Å². The van der Waals surface area contributed by atoms with Crippen LogP contribution in [0.4, 0.5) is 13.2 Å². The first kappa shape index (κ1) is 13.6. The number of rotatable bonds is 4. The van der Waals surface area contributed by atoms with Gasteiger partial charge in [-0.25, -0.2) is 0 Å². The van der Waals surface area contributed by atoms with Gasteiger partial charge in [0.1, 0.15) is 6.04 Å². The summed E-state index contributed by atoms with van der Waals surface area (Å²) in [6.45, 7) is 2.07. The molecule has 0 radical (unpaired) electrons. The van der Waals surface area contributed by atoms with Gasteiger partial charge in [0.05, 0.1) is 13.7 Å². The van der Waals surface area contributed by atoms with Gasteiger partial charge in [-0.2, -0.15) is 13.2 Å². The number of hydrogen-bond donors (Lipinski definition) is 1. The van der Waals surface area contributed by atoms with Crippen molar-refractivity contribution in [2.45, 2.75) is 19.1 Å². The van der Waals surface area contributed by atoms with E-state index in [1.54, 1.807) is 6.92 Å². The zero-order chi connectivity index (χ0) is 13.1. The highest BCUT2D eigenvalue weighted by Crippen LogP contribution is 2.35. The minimum atomic E-state index is -4.47. The van der Waals surface area contributed by atoms with Crippen molar-refractivity contribution in [3.8, 4) is 11.5 Å². The molecule has 1 aromatic rings. The summed E-state index contributed by atoms with van der Waals surface area (Å²) in [5.74, 6) is 0.636. The molecule has 0 heterocycles. The zero-order valence-corrected chi connectivity index (χ0v) is 9.54. The second-order valence-electron chi connectivity index (χ2n) is 3.36. The molecule has 1 atom stereocenters.